The molecule has 0 radical (unpaired) electrons. The summed E-state index contributed by atoms with van der Waals surface area (Å²) in [5.41, 5.74) is -1.33. The predicted octanol–water partition coefficient (Wildman–Crippen LogP) is -2.54. The lowest BCUT2D eigenvalue weighted by Gasteiger charge is -2.31. The number of rotatable bonds is 10. The van der Waals surface area contributed by atoms with Crippen LogP contribution in [0.5, 0.6) is 0 Å². The van der Waals surface area contributed by atoms with Gasteiger partial charge in [0.15, 0.2) is 6.29 Å². The van der Waals surface area contributed by atoms with Gasteiger partial charge in [-0.05, 0) is 0 Å². The number of aliphatic hydroxyl groups is 4. The summed E-state index contributed by atoms with van der Waals surface area (Å²) >= 11 is 0. The zero-order valence-corrected chi connectivity index (χ0v) is 14.4. The molecule has 10 nitrogen and oxygen atoms in total. The lowest BCUT2D eigenvalue weighted by molar-refractivity contribution is -0.219. The van der Waals surface area contributed by atoms with Gasteiger partial charge in [-0.25, -0.2) is 0 Å². The van der Waals surface area contributed by atoms with Crippen LogP contribution in [-0.2, 0) is 28.4 Å². The third-order valence-corrected chi connectivity index (χ3v) is 4.52. The quantitative estimate of drug-likeness (QED) is 0.241. The van der Waals surface area contributed by atoms with Gasteiger partial charge in [0.05, 0.1) is 39.1 Å². The number of hydrogen-bond donors (Lipinski definition) is 4. The van der Waals surface area contributed by atoms with Crippen LogP contribution in [0.3, 0.4) is 0 Å². The highest BCUT2D eigenvalue weighted by atomic mass is 16.7. The van der Waals surface area contributed by atoms with Crippen molar-refractivity contribution in [2.75, 3.05) is 54.0 Å². The van der Waals surface area contributed by atoms with Gasteiger partial charge in [0, 0.05) is 20.1 Å². The van der Waals surface area contributed by atoms with Crippen molar-refractivity contribution in [2.24, 2.45) is 5.92 Å². The first-order valence-corrected chi connectivity index (χ1v) is 8.10. The summed E-state index contributed by atoms with van der Waals surface area (Å²) in [6, 6.07) is 0. The van der Waals surface area contributed by atoms with Crippen LogP contribution < -0.4 is 0 Å². The van der Waals surface area contributed by atoms with Crippen molar-refractivity contribution in [3.05, 3.63) is 0 Å². The van der Waals surface area contributed by atoms with Gasteiger partial charge in [0.2, 0.25) is 0 Å². The zero-order valence-electron chi connectivity index (χ0n) is 14.4. The Balaban J connectivity index is 1.93. The van der Waals surface area contributed by atoms with Crippen LogP contribution in [-0.4, -0.2) is 111 Å². The van der Waals surface area contributed by atoms with E-state index in [1.807, 2.05) is 0 Å². The summed E-state index contributed by atoms with van der Waals surface area (Å²) in [6.07, 6.45) is -5.01. The van der Waals surface area contributed by atoms with Crippen LogP contribution >= 0.6 is 0 Å². The molecular formula is C15H28O10. The van der Waals surface area contributed by atoms with Crippen LogP contribution in [0.25, 0.3) is 0 Å². The highest BCUT2D eigenvalue weighted by Gasteiger charge is 2.55. The summed E-state index contributed by atoms with van der Waals surface area (Å²) in [4.78, 5) is 0. The average molecular weight is 368 g/mol. The molecular weight excluding hydrogens is 340 g/mol. The van der Waals surface area contributed by atoms with E-state index in [9.17, 15) is 15.3 Å². The van der Waals surface area contributed by atoms with Crippen LogP contribution in [0.2, 0.25) is 0 Å². The number of aliphatic hydroxyl groups excluding tert-OH is 4. The van der Waals surface area contributed by atoms with Crippen LogP contribution in [0.4, 0.5) is 0 Å². The first-order chi connectivity index (χ1) is 12.0. The van der Waals surface area contributed by atoms with Gasteiger partial charge in [-0.15, -0.1) is 0 Å². The van der Waals surface area contributed by atoms with Crippen molar-refractivity contribution in [1.29, 1.82) is 0 Å². The Morgan fingerprint density at radius 3 is 2.36 bits per heavy atom. The monoisotopic (exact) mass is 368 g/mol. The molecule has 25 heavy (non-hydrogen) atoms. The fourth-order valence-electron chi connectivity index (χ4n) is 3.03. The molecule has 0 aromatic rings. The topological polar surface area (TPSA) is 136 Å². The summed E-state index contributed by atoms with van der Waals surface area (Å²) in [5.74, 6) is -0.309. The van der Waals surface area contributed by atoms with E-state index in [1.165, 1.54) is 14.2 Å². The van der Waals surface area contributed by atoms with Crippen LogP contribution in [0, 0.1) is 5.92 Å². The summed E-state index contributed by atoms with van der Waals surface area (Å²) in [7, 11) is 2.82. The van der Waals surface area contributed by atoms with E-state index in [0.717, 1.165) is 0 Å². The van der Waals surface area contributed by atoms with Gasteiger partial charge in [-0.2, -0.15) is 0 Å². The Morgan fingerprint density at radius 2 is 1.80 bits per heavy atom. The molecule has 0 aliphatic carbocycles. The van der Waals surface area contributed by atoms with Crippen molar-refractivity contribution in [1.82, 2.24) is 0 Å². The first kappa shape index (κ1) is 20.9. The molecule has 2 fully saturated rings. The van der Waals surface area contributed by atoms with Gasteiger partial charge in [0.1, 0.15) is 30.7 Å². The zero-order chi connectivity index (χ0) is 18.4. The van der Waals surface area contributed by atoms with E-state index < -0.39 is 36.3 Å². The van der Waals surface area contributed by atoms with Crippen molar-refractivity contribution in [2.45, 2.75) is 36.3 Å². The smallest absolute Gasteiger partial charge is 0.186 e. The van der Waals surface area contributed by atoms with Gasteiger partial charge in [-0.1, -0.05) is 0 Å². The third-order valence-electron chi connectivity index (χ3n) is 4.52. The average Bonchev–Trinajstić information content (AvgIpc) is 3.08. The molecule has 2 heterocycles. The van der Waals surface area contributed by atoms with Crippen LogP contribution in [0.1, 0.15) is 0 Å². The maximum Gasteiger partial charge on any atom is 0.186 e. The van der Waals surface area contributed by atoms with E-state index >= 15 is 0 Å². The second kappa shape index (κ2) is 9.51. The molecule has 2 aliphatic rings. The van der Waals surface area contributed by atoms with E-state index in [-0.39, 0.29) is 45.7 Å². The molecule has 0 saturated carbocycles. The van der Waals surface area contributed by atoms with E-state index in [4.69, 9.17) is 33.5 Å². The fraction of sp³-hybridized carbons (Fsp3) is 1.00. The van der Waals surface area contributed by atoms with E-state index in [1.54, 1.807) is 0 Å². The molecule has 0 spiro atoms. The molecule has 0 aromatic heterocycles. The van der Waals surface area contributed by atoms with Gasteiger partial charge >= 0.3 is 0 Å². The standard InChI is InChI=1S/C15H28O10/c1-20-8-23-7-15(13(19)12(18)14(21-2)25-15)6-22-4-9-5-24-10(3-16)11(9)17/h9-14,16-19H,3-8H2,1-2H3. The third kappa shape index (κ3) is 4.66. The van der Waals surface area contributed by atoms with E-state index in [0.29, 0.717) is 0 Å². The Bertz CT molecular complexity index is 397. The van der Waals surface area contributed by atoms with Crippen molar-refractivity contribution in [3.8, 4) is 0 Å². The van der Waals surface area contributed by atoms with Crippen molar-refractivity contribution < 1.29 is 48.8 Å². The summed E-state index contributed by atoms with van der Waals surface area (Å²) in [6.45, 7) is -0.0710. The Morgan fingerprint density at radius 1 is 1.08 bits per heavy atom. The van der Waals surface area contributed by atoms with Gasteiger partial charge < -0.3 is 48.8 Å². The normalized spacial score (nSPS) is 41.5. The molecule has 7 unspecified atom stereocenters. The lowest BCUT2D eigenvalue weighted by Crippen LogP contribution is -2.51. The lowest BCUT2D eigenvalue weighted by atomic mass is 9.97. The molecule has 7 atom stereocenters. The maximum atomic E-state index is 10.4. The highest BCUT2D eigenvalue weighted by Crippen LogP contribution is 2.33. The van der Waals surface area contributed by atoms with Gasteiger partial charge in [0.25, 0.3) is 0 Å². The number of methoxy groups -OCH3 is 2. The number of ether oxygens (including phenoxy) is 6. The fourth-order valence-corrected chi connectivity index (χ4v) is 3.03. The summed E-state index contributed by atoms with van der Waals surface area (Å²) in [5, 5.41) is 39.5. The minimum Gasteiger partial charge on any atom is -0.394 e. The Kier molecular flexibility index (Phi) is 7.95. The molecule has 0 amide bonds. The Hall–Kier alpha value is -0.400. The second-order valence-electron chi connectivity index (χ2n) is 6.30. The molecule has 2 saturated heterocycles. The minimum absolute atomic E-state index is 0.0149. The largest absolute Gasteiger partial charge is 0.394 e. The molecule has 4 N–H and O–H groups in total. The van der Waals surface area contributed by atoms with E-state index in [2.05, 4.69) is 0 Å². The predicted molar refractivity (Wildman–Crippen MR) is 81.6 cm³/mol. The molecule has 2 aliphatic heterocycles. The van der Waals surface area contributed by atoms with Gasteiger partial charge in [-0.3, -0.25) is 0 Å². The molecule has 10 heteroatoms. The second-order valence-corrected chi connectivity index (χ2v) is 6.30. The maximum absolute atomic E-state index is 10.4. The molecule has 148 valence electrons. The summed E-state index contributed by atoms with van der Waals surface area (Å²) < 4.78 is 31.7. The molecule has 0 bridgehead atoms. The highest BCUT2D eigenvalue weighted by molar-refractivity contribution is 5.00. The van der Waals surface area contributed by atoms with Crippen LogP contribution in [0.15, 0.2) is 0 Å². The molecule has 2 rings (SSSR count). The van der Waals surface area contributed by atoms with Crippen molar-refractivity contribution >= 4 is 0 Å². The molecule has 0 aromatic carbocycles. The SMILES string of the molecule is COCOCC1(COCC2COC(CO)C2O)OC(OC)C(O)C1O. The minimum atomic E-state index is -1.33. The Labute approximate surface area is 146 Å². The first-order valence-electron chi connectivity index (χ1n) is 8.10. The number of hydrogen-bond acceptors (Lipinski definition) is 10. The van der Waals surface area contributed by atoms with Crippen molar-refractivity contribution in [3.63, 3.8) is 0 Å².